The predicted octanol–water partition coefficient (Wildman–Crippen LogP) is 4.80. The van der Waals surface area contributed by atoms with E-state index in [9.17, 15) is 31.9 Å². The van der Waals surface area contributed by atoms with E-state index in [1.165, 1.54) is 11.0 Å². The second-order valence-corrected chi connectivity index (χ2v) is 11.9. The van der Waals surface area contributed by atoms with Gasteiger partial charge in [0, 0.05) is 48.4 Å². The topological polar surface area (TPSA) is 109 Å². The van der Waals surface area contributed by atoms with Gasteiger partial charge in [-0.25, -0.2) is 9.37 Å². The third-order valence-corrected chi connectivity index (χ3v) is 8.82. The lowest BCUT2D eigenvalue weighted by Crippen LogP contribution is -2.52. The number of imide groups is 1. The van der Waals surface area contributed by atoms with Crippen LogP contribution in [0.25, 0.3) is 11.3 Å². The van der Waals surface area contributed by atoms with Crippen LogP contribution in [0.2, 0.25) is 0 Å². The van der Waals surface area contributed by atoms with E-state index in [1.54, 1.807) is 12.3 Å². The van der Waals surface area contributed by atoms with Gasteiger partial charge in [-0.05, 0) is 73.9 Å². The number of piperidine rings is 1. The molecule has 3 amide bonds. The maximum absolute atomic E-state index is 13.8. The molecular weight excluding hydrogens is 568 g/mol. The smallest absolute Gasteiger partial charge is 0.385 e. The number of hydrogen-bond donors (Lipinski definition) is 2. The van der Waals surface area contributed by atoms with E-state index in [2.05, 4.69) is 15.6 Å². The van der Waals surface area contributed by atoms with Gasteiger partial charge in [0.05, 0.1) is 17.4 Å². The molecule has 3 aromatic rings. The number of carbonyl (C=O) groups excluding carboxylic acids is 3. The molecule has 0 spiro atoms. The van der Waals surface area contributed by atoms with Crippen molar-refractivity contribution in [3.63, 3.8) is 0 Å². The van der Waals surface area contributed by atoms with Gasteiger partial charge in [0.2, 0.25) is 11.8 Å². The Morgan fingerprint density at radius 1 is 1.02 bits per heavy atom. The standard InChI is InChI=1S/C30H28F4N6O3/c31-22-5-6-23(36-27(22)30(32,33)34)21-14-40(38-26(21)16-1-2-16)19-9-15(10-19)12-35-18-3-4-20-17(11-18)13-39(29(20)43)24-7-8-25(41)37-28(24)42/h3-6,11,14-16,19,24,35H,1-2,7-10,12-13H2,(H,37,41,42)/t15-,19-,24?. The van der Waals surface area contributed by atoms with Crippen molar-refractivity contribution in [1.82, 2.24) is 25.0 Å². The summed E-state index contributed by atoms with van der Waals surface area (Å²) in [5, 5.41) is 10.5. The zero-order chi connectivity index (χ0) is 30.0. The number of halogens is 4. The summed E-state index contributed by atoms with van der Waals surface area (Å²) in [7, 11) is 0. The molecule has 1 aromatic carbocycles. The molecule has 7 rings (SSSR count). The summed E-state index contributed by atoms with van der Waals surface area (Å²) in [6.07, 6.45) is 0.853. The lowest BCUT2D eigenvalue weighted by molar-refractivity contribution is -0.143. The van der Waals surface area contributed by atoms with Gasteiger partial charge >= 0.3 is 6.18 Å². The number of nitrogens with one attached hydrogen (secondary N) is 2. The number of aromatic nitrogens is 3. The molecule has 2 N–H and O–H groups in total. The molecule has 4 heterocycles. The van der Waals surface area contributed by atoms with Crippen LogP contribution in [0.1, 0.15) is 77.8 Å². The molecule has 2 aliphatic carbocycles. The summed E-state index contributed by atoms with van der Waals surface area (Å²) in [5.74, 6) is -1.86. The molecule has 1 unspecified atom stereocenters. The molecule has 2 saturated carbocycles. The predicted molar refractivity (Wildman–Crippen MR) is 145 cm³/mol. The van der Waals surface area contributed by atoms with Crippen LogP contribution in [0, 0.1) is 11.7 Å². The van der Waals surface area contributed by atoms with E-state index >= 15 is 0 Å². The zero-order valence-electron chi connectivity index (χ0n) is 23.0. The largest absolute Gasteiger partial charge is 0.436 e. The minimum Gasteiger partial charge on any atom is -0.385 e. The van der Waals surface area contributed by atoms with Crippen molar-refractivity contribution in [1.29, 1.82) is 0 Å². The van der Waals surface area contributed by atoms with Crippen LogP contribution in [-0.2, 0) is 22.3 Å². The van der Waals surface area contributed by atoms with Gasteiger partial charge in [-0.1, -0.05) is 0 Å². The van der Waals surface area contributed by atoms with Crippen LogP contribution in [0.4, 0.5) is 23.2 Å². The molecule has 0 bridgehead atoms. The van der Waals surface area contributed by atoms with Crippen LogP contribution >= 0.6 is 0 Å². The number of nitrogens with zero attached hydrogens (tertiary/aromatic N) is 4. The number of amides is 3. The Bertz CT molecular complexity index is 1640. The fraction of sp³-hybridized carbons (Fsp3) is 0.433. The monoisotopic (exact) mass is 596 g/mol. The highest BCUT2D eigenvalue weighted by Crippen LogP contribution is 2.46. The van der Waals surface area contributed by atoms with Gasteiger partial charge in [-0.3, -0.25) is 24.4 Å². The van der Waals surface area contributed by atoms with Gasteiger partial charge in [-0.15, -0.1) is 0 Å². The molecule has 0 radical (unpaired) electrons. The number of carbonyl (C=O) groups is 3. The summed E-state index contributed by atoms with van der Waals surface area (Å²) in [4.78, 5) is 41.9. The van der Waals surface area contributed by atoms with E-state index in [4.69, 9.17) is 5.10 Å². The molecule has 224 valence electrons. The van der Waals surface area contributed by atoms with Crippen LogP contribution in [0.5, 0.6) is 0 Å². The molecular formula is C30H28F4N6O3. The molecule has 13 heteroatoms. The first-order valence-electron chi connectivity index (χ1n) is 14.4. The molecule has 2 aromatic heterocycles. The van der Waals surface area contributed by atoms with E-state index in [0.717, 1.165) is 43.0 Å². The fourth-order valence-corrected chi connectivity index (χ4v) is 6.27. The van der Waals surface area contributed by atoms with Crippen molar-refractivity contribution in [3.05, 3.63) is 64.9 Å². The molecule has 9 nitrogen and oxygen atoms in total. The number of hydrogen-bond acceptors (Lipinski definition) is 6. The van der Waals surface area contributed by atoms with E-state index in [-0.39, 0.29) is 35.9 Å². The van der Waals surface area contributed by atoms with E-state index < -0.39 is 29.6 Å². The Morgan fingerprint density at radius 3 is 2.53 bits per heavy atom. The minimum atomic E-state index is -4.88. The van der Waals surface area contributed by atoms with Gasteiger partial charge in [0.25, 0.3) is 5.91 Å². The summed E-state index contributed by atoms with van der Waals surface area (Å²) < 4.78 is 55.5. The third-order valence-electron chi connectivity index (χ3n) is 8.82. The first-order valence-corrected chi connectivity index (χ1v) is 14.4. The summed E-state index contributed by atoms with van der Waals surface area (Å²) >= 11 is 0. The van der Waals surface area contributed by atoms with Crippen molar-refractivity contribution in [2.24, 2.45) is 5.92 Å². The first kappa shape index (κ1) is 27.5. The number of fused-ring (bicyclic) bond motifs is 1. The highest BCUT2D eigenvalue weighted by atomic mass is 19.4. The number of anilines is 1. The normalized spacial score (nSPS) is 23.7. The van der Waals surface area contributed by atoms with Crippen LogP contribution < -0.4 is 10.6 Å². The van der Waals surface area contributed by atoms with Gasteiger partial charge < -0.3 is 10.2 Å². The molecule has 4 aliphatic rings. The van der Waals surface area contributed by atoms with E-state index in [0.29, 0.717) is 42.2 Å². The molecule has 2 aliphatic heterocycles. The number of alkyl halides is 3. The van der Waals surface area contributed by atoms with Gasteiger partial charge in [0.15, 0.2) is 11.5 Å². The maximum Gasteiger partial charge on any atom is 0.436 e. The average Bonchev–Trinajstić information content (AvgIpc) is 3.61. The molecule has 3 fully saturated rings. The summed E-state index contributed by atoms with van der Waals surface area (Å²) in [6.45, 7) is 0.998. The summed E-state index contributed by atoms with van der Waals surface area (Å²) in [5.41, 5.74) is 2.03. The van der Waals surface area contributed by atoms with Crippen LogP contribution in [0.3, 0.4) is 0 Å². The highest BCUT2D eigenvalue weighted by Gasteiger charge is 2.40. The Hall–Kier alpha value is -4.29. The second kappa shape index (κ2) is 10.2. The zero-order valence-corrected chi connectivity index (χ0v) is 23.0. The fourth-order valence-electron chi connectivity index (χ4n) is 6.27. The maximum atomic E-state index is 13.8. The van der Waals surface area contributed by atoms with Crippen molar-refractivity contribution in [2.45, 2.75) is 69.2 Å². The third kappa shape index (κ3) is 5.14. The van der Waals surface area contributed by atoms with Crippen LogP contribution in [0.15, 0.2) is 36.5 Å². The number of benzene rings is 1. The highest BCUT2D eigenvalue weighted by molar-refractivity contribution is 6.05. The lowest BCUT2D eigenvalue weighted by atomic mass is 9.80. The van der Waals surface area contributed by atoms with Crippen LogP contribution in [-0.4, -0.2) is 50.0 Å². The Kier molecular flexibility index (Phi) is 6.51. The Labute approximate surface area is 243 Å². The number of pyridine rings is 1. The minimum absolute atomic E-state index is 0.0747. The Balaban J connectivity index is 0.984. The molecule has 43 heavy (non-hydrogen) atoms. The first-order chi connectivity index (χ1) is 20.5. The van der Waals surface area contributed by atoms with E-state index in [1.807, 2.05) is 16.8 Å². The van der Waals surface area contributed by atoms with Gasteiger partial charge in [-0.2, -0.15) is 18.3 Å². The molecule has 1 atom stereocenters. The summed E-state index contributed by atoms with van der Waals surface area (Å²) in [6, 6.07) is 7.05. The Morgan fingerprint density at radius 2 is 1.81 bits per heavy atom. The lowest BCUT2D eigenvalue weighted by Gasteiger charge is -2.35. The SMILES string of the molecule is O=C1CCC(N2Cc3cc(NC[C@H]4C[C@H](n5cc(-c6ccc(F)c(C(F)(F)F)n6)c(C6CC6)n5)C4)ccc3C2=O)C(=O)N1. The quantitative estimate of drug-likeness (QED) is 0.300. The second-order valence-electron chi connectivity index (χ2n) is 11.9. The van der Waals surface area contributed by atoms with Crippen molar-refractivity contribution in [2.75, 3.05) is 11.9 Å². The van der Waals surface area contributed by atoms with Crippen molar-refractivity contribution < 1.29 is 31.9 Å². The molecule has 1 saturated heterocycles. The number of rotatable bonds is 7. The van der Waals surface area contributed by atoms with Crippen molar-refractivity contribution in [3.8, 4) is 11.3 Å². The van der Waals surface area contributed by atoms with Gasteiger partial charge in [0.1, 0.15) is 6.04 Å². The average molecular weight is 597 g/mol. The van der Waals surface area contributed by atoms with Crippen molar-refractivity contribution >= 4 is 23.4 Å².